The van der Waals surface area contributed by atoms with E-state index in [0.717, 1.165) is 6.20 Å². The number of Topliss-reactive ketones (excluding diaryl/α,β-unsaturated/α-hetero) is 1. The molecule has 1 rings (SSSR count). The Bertz CT molecular complexity index is 410. The summed E-state index contributed by atoms with van der Waals surface area (Å²) in [7, 11) is 1.47. The van der Waals surface area contributed by atoms with Crippen LogP contribution in [0.4, 0.5) is 13.2 Å². The lowest BCUT2D eigenvalue weighted by Crippen LogP contribution is -2.22. The number of carbonyl (C=O) groups is 1. The predicted molar refractivity (Wildman–Crippen MR) is 54.2 cm³/mol. The third kappa shape index (κ3) is 2.46. The number of hydrogen-bond acceptors (Lipinski definition) is 1. The molecule has 0 N–H and O–H groups in total. The summed E-state index contributed by atoms with van der Waals surface area (Å²) in [4.78, 5) is 11.8. The van der Waals surface area contributed by atoms with E-state index in [0.29, 0.717) is 0 Å². The molecule has 0 aliphatic heterocycles. The van der Waals surface area contributed by atoms with Crippen molar-refractivity contribution in [1.82, 2.24) is 4.57 Å². The molecule has 90 valence electrons. The Morgan fingerprint density at radius 2 is 1.69 bits per heavy atom. The monoisotopic (exact) mass is 233 g/mol. The number of alkyl halides is 3. The summed E-state index contributed by atoms with van der Waals surface area (Å²) in [5, 5.41) is 0. The molecule has 0 aromatic carbocycles. The number of aryl methyl sites for hydroxylation is 1. The highest BCUT2D eigenvalue weighted by Gasteiger charge is 2.38. The molecule has 0 unspecified atom stereocenters. The van der Waals surface area contributed by atoms with Crippen molar-refractivity contribution in [2.75, 3.05) is 0 Å². The largest absolute Gasteiger partial charge is 0.418 e. The molecule has 0 spiro atoms. The Hall–Kier alpha value is -1.26. The minimum atomic E-state index is -4.49. The lowest BCUT2D eigenvalue weighted by Gasteiger charge is -2.17. The van der Waals surface area contributed by atoms with Gasteiger partial charge in [-0.05, 0) is 0 Å². The zero-order valence-corrected chi connectivity index (χ0v) is 9.64. The number of hydrogen-bond donors (Lipinski definition) is 0. The van der Waals surface area contributed by atoms with Gasteiger partial charge in [0.25, 0.3) is 0 Å². The van der Waals surface area contributed by atoms with Gasteiger partial charge < -0.3 is 4.57 Å². The maximum atomic E-state index is 12.6. The highest BCUT2D eigenvalue weighted by atomic mass is 19.4. The zero-order chi connectivity index (χ0) is 12.7. The van der Waals surface area contributed by atoms with Crippen molar-refractivity contribution in [2.45, 2.75) is 26.9 Å². The molecule has 0 aliphatic rings. The fourth-order valence-electron chi connectivity index (χ4n) is 1.39. The highest BCUT2D eigenvalue weighted by Crippen LogP contribution is 2.35. The molecule has 1 heterocycles. The van der Waals surface area contributed by atoms with Gasteiger partial charge in [-0.3, -0.25) is 4.79 Å². The second-order valence-corrected chi connectivity index (χ2v) is 4.83. The summed E-state index contributed by atoms with van der Waals surface area (Å²) in [6, 6.07) is 0. The van der Waals surface area contributed by atoms with Gasteiger partial charge in [0.2, 0.25) is 0 Å². The average molecular weight is 233 g/mol. The smallest absolute Gasteiger partial charge is 0.356 e. The van der Waals surface area contributed by atoms with Crippen LogP contribution in [0.15, 0.2) is 12.4 Å². The summed E-state index contributed by atoms with van der Waals surface area (Å²) in [5.41, 5.74) is -1.95. The minimum Gasteiger partial charge on any atom is -0.356 e. The van der Waals surface area contributed by atoms with Crippen LogP contribution in [0.25, 0.3) is 0 Å². The summed E-state index contributed by atoms with van der Waals surface area (Å²) in [6.45, 7) is 4.80. The molecular formula is C11H14F3NO. The Morgan fingerprint density at radius 1 is 1.19 bits per heavy atom. The molecule has 16 heavy (non-hydrogen) atoms. The van der Waals surface area contributed by atoms with Gasteiger partial charge in [0.15, 0.2) is 5.78 Å². The van der Waals surface area contributed by atoms with Gasteiger partial charge in [0, 0.05) is 30.4 Å². The fraction of sp³-hybridized carbons (Fsp3) is 0.545. The Kier molecular flexibility index (Phi) is 2.92. The van der Waals surface area contributed by atoms with E-state index in [9.17, 15) is 18.0 Å². The molecule has 0 atom stereocenters. The van der Waals surface area contributed by atoms with Gasteiger partial charge >= 0.3 is 6.18 Å². The normalized spacial score (nSPS) is 12.9. The number of halogens is 3. The number of carbonyl (C=O) groups excluding carboxylic acids is 1. The Labute approximate surface area is 92.1 Å². The van der Waals surface area contributed by atoms with E-state index >= 15 is 0 Å². The van der Waals surface area contributed by atoms with Crippen molar-refractivity contribution in [3.05, 3.63) is 23.5 Å². The van der Waals surface area contributed by atoms with Crippen LogP contribution in [0.1, 0.15) is 36.7 Å². The molecule has 0 radical (unpaired) electrons. The summed E-state index contributed by atoms with van der Waals surface area (Å²) in [5.74, 6) is -0.500. The van der Waals surface area contributed by atoms with E-state index in [2.05, 4.69) is 0 Å². The van der Waals surface area contributed by atoms with Crippen molar-refractivity contribution in [3.8, 4) is 0 Å². The zero-order valence-electron chi connectivity index (χ0n) is 9.64. The third-order valence-electron chi connectivity index (χ3n) is 2.19. The minimum absolute atomic E-state index is 0.262. The van der Waals surface area contributed by atoms with Crippen LogP contribution >= 0.6 is 0 Å². The first-order valence-electron chi connectivity index (χ1n) is 4.81. The Morgan fingerprint density at radius 3 is 2.06 bits per heavy atom. The van der Waals surface area contributed by atoms with Crippen LogP contribution in [0, 0.1) is 5.41 Å². The van der Waals surface area contributed by atoms with Crippen LogP contribution in [-0.4, -0.2) is 10.4 Å². The number of ketones is 1. The quantitative estimate of drug-likeness (QED) is 0.682. The SMILES string of the molecule is Cn1cc(C(=O)C(C)(C)C)c(C(F)(F)F)c1. The van der Waals surface area contributed by atoms with Crippen LogP contribution in [0.5, 0.6) is 0 Å². The van der Waals surface area contributed by atoms with E-state index < -0.39 is 22.9 Å². The van der Waals surface area contributed by atoms with Gasteiger partial charge in [-0.15, -0.1) is 0 Å². The molecule has 5 heteroatoms. The van der Waals surface area contributed by atoms with Crippen molar-refractivity contribution in [3.63, 3.8) is 0 Å². The second-order valence-electron chi connectivity index (χ2n) is 4.83. The molecule has 0 fully saturated rings. The summed E-state index contributed by atoms with van der Waals surface area (Å²) in [6.07, 6.45) is -2.34. The summed E-state index contributed by atoms with van der Waals surface area (Å²) >= 11 is 0. The lowest BCUT2D eigenvalue weighted by atomic mass is 9.86. The van der Waals surface area contributed by atoms with Crippen molar-refractivity contribution in [2.24, 2.45) is 12.5 Å². The number of nitrogens with zero attached hydrogens (tertiary/aromatic N) is 1. The molecular weight excluding hydrogens is 219 g/mol. The van der Waals surface area contributed by atoms with Gasteiger partial charge in [-0.25, -0.2) is 0 Å². The van der Waals surface area contributed by atoms with Crippen LogP contribution in [0.3, 0.4) is 0 Å². The van der Waals surface area contributed by atoms with Gasteiger partial charge in [0.1, 0.15) is 0 Å². The van der Waals surface area contributed by atoms with Gasteiger partial charge in [-0.1, -0.05) is 20.8 Å². The maximum Gasteiger partial charge on any atom is 0.418 e. The molecule has 0 aliphatic carbocycles. The van der Waals surface area contributed by atoms with Crippen molar-refractivity contribution < 1.29 is 18.0 Å². The second kappa shape index (κ2) is 3.64. The fourth-order valence-corrected chi connectivity index (χ4v) is 1.39. The van der Waals surface area contributed by atoms with Gasteiger partial charge in [-0.2, -0.15) is 13.2 Å². The first-order chi connectivity index (χ1) is 7.03. The molecule has 0 bridgehead atoms. The highest BCUT2D eigenvalue weighted by molar-refractivity contribution is 6.01. The first kappa shape index (κ1) is 12.8. The van der Waals surface area contributed by atoms with Crippen LogP contribution in [-0.2, 0) is 13.2 Å². The van der Waals surface area contributed by atoms with Crippen molar-refractivity contribution in [1.29, 1.82) is 0 Å². The molecule has 0 amide bonds. The van der Waals surface area contributed by atoms with Crippen LogP contribution < -0.4 is 0 Å². The maximum absolute atomic E-state index is 12.6. The van der Waals surface area contributed by atoms with Crippen molar-refractivity contribution >= 4 is 5.78 Å². The van der Waals surface area contributed by atoms with Gasteiger partial charge in [0.05, 0.1) is 5.56 Å². The van der Waals surface area contributed by atoms with E-state index in [1.807, 2.05) is 0 Å². The lowest BCUT2D eigenvalue weighted by molar-refractivity contribution is -0.137. The number of rotatable bonds is 1. The van der Waals surface area contributed by atoms with Crippen LogP contribution in [0.2, 0.25) is 0 Å². The number of aromatic nitrogens is 1. The van der Waals surface area contributed by atoms with E-state index in [1.165, 1.54) is 17.8 Å². The molecule has 0 saturated carbocycles. The molecule has 2 nitrogen and oxygen atoms in total. The third-order valence-corrected chi connectivity index (χ3v) is 2.19. The summed E-state index contributed by atoms with van der Waals surface area (Å²) < 4.78 is 39.2. The molecule has 1 aromatic rings. The van der Waals surface area contributed by atoms with E-state index in [1.54, 1.807) is 20.8 Å². The standard InChI is InChI=1S/C11H14F3NO/c1-10(2,3)9(16)7-5-15(4)6-8(7)11(12,13)14/h5-6H,1-4H3. The Balaban J connectivity index is 3.30. The predicted octanol–water partition coefficient (Wildman–Crippen LogP) is 3.27. The molecule has 1 aromatic heterocycles. The first-order valence-corrected chi connectivity index (χ1v) is 4.81. The topological polar surface area (TPSA) is 22.0 Å². The molecule has 0 saturated heterocycles. The van der Waals surface area contributed by atoms with E-state index in [-0.39, 0.29) is 5.56 Å². The average Bonchev–Trinajstić information content (AvgIpc) is 2.43. The van der Waals surface area contributed by atoms with E-state index in [4.69, 9.17) is 0 Å².